The third kappa shape index (κ3) is 2.86. The van der Waals surface area contributed by atoms with Gasteiger partial charge >= 0.3 is 0 Å². The lowest BCUT2D eigenvalue weighted by Gasteiger charge is -2.06. The van der Waals surface area contributed by atoms with E-state index >= 15 is 0 Å². The van der Waals surface area contributed by atoms with Crippen LogP contribution in [0.15, 0.2) is 18.2 Å². The van der Waals surface area contributed by atoms with Crippen molar-refractivity contribution in [3.8, 4) is 11.5 Å². The minimum atomic E-state index is 0.0999. The molecule has 0 bridgehead atoms. The molecule has 1 aromatic carbocycles. The van der Waals surface area contributed by atoms with Crippen LogP contribution >= 0.6 is 0 Å². The minimum Gasteiger partial charge on any atom is -0.506 e. The number of hydrogen-bond donors (Lipinski definition) is 2. The smallest absolute Gasteiger partial charge is 0.138 e. The van der Waals surface area contributed by atoms with Gasteiger partial charge in [0.05, 0.1) is 12.3 Å². The molecule has 0 saturated heterocycles. The summed E-state index contributed by atoms with van der Waals surface area (Å²) in [5, 5.41) is 9.13. The Kier molecular flexibility index (Phi) is 3.43. The van der Waals surface area contributed by atoms with Gasteiger partial charge < -0.3 is 15.6 Å². The van der Waals surface area contributed by atoms with E-state index in [1.807, 2.05) is 0 Å². The number of nitrogens with two attached hydrogens (primary N) is 1. The number of anilines is 1. The number of aromatic hydroxyl groups is 1. The lowest BCUT2D eigenvalue weighted by atomic mass is 10.3. The van der Waals surface area contributed by atoms with Crippen molar-refractivity contribution in [1.29, 1.82) is 0 Å². The second-order valence-corrected chi connectivity index (χ2v) is 2.92. The number of unbranched alkanes of at least 4 members (excludes halogenated alkanes) is 1. The first-order valence-electron chi connectivity index (χ1n) is 4.45. The van der Waals surface area contributed by atoms with Crippen LogP contribution in [0.1, 0.15) is 19.8 Å². The van der Waals surface area contributed by atoms with Gasteiger partial charge in [-0.05, 0) is 18.6 Å². The summed E-state index contributed by atoms with van der Waals surface area (Å²) >= 11 is 0. The predicted molar refractivity (Wildman–Crippen MR) is 52.9 cm³/mol. The van der Waals surface area contributed by atoms with Crippen LogP contribution in [0.2, 0.25) is 0 Å². The number of phenolic OH excluding ortho intramolecular Hbond substituents is 1. The first-order chi connectivity index (χ1) is 6.24. The maximum atomic E-state index is 9.13. The summed E-state index contributed by atoms with van der Waals surface area (Å²) in [4.78, 5) is 0. The molecule has 0 fully saturated rings. The van der Waals surface area contributed by atoms with E-state index in [0.29, 0.717) is 18.0 Å². The zero-order valence-corrected chi connectivity index (χ0v) is 7.79. The van der Waals surface area contributed by atoms with Crippen LogP contribution in [-0.2, 0) is 0 Å². The Hall–Kier alpha value is -1.38. The van der Waals surface area contributed by atoms with Crippen molar-refractivity contribution in [3.05, 3.63) is 18.2 Å². The SMILES string of the molecule is CCCCOc1ccc(O)c(N)c1. The van der Waals surface area contributed by atoms with Crippen molar-refractivity contribution in [3.63, 3.8) is 0 Å². The Morgan fingerprint density at radius 1 is 1.46 bits per heavy atom. The summed E-state index contributed by atoms with van der Waals surface area (Å²) in [7, 11) is 0. The molecule has 3 nitrogen and oxygen atoms in total. The molecule has 13 heavy (non-hydrogen) atoms. The van der Waals surface area contributed by atoms with E-state index in [9.17, 15) is 0 Å². The molecule has 1 aromatic rings. The molecule has 0 atom stereocenters. The first-order valence-corrected chi connectivity index (χ1v) is 4.45. The molecule has 3 heteroatoms. The second-order valence-electron chi connectivity index (χ2n) is 2.92. The van der Waals surface area contributed by atoms with Crippen LogP contribution in [0.5, 0.6) is 11.5 Å². The summed E-state index contributed by atoms with van der Waals surface area (Å²) in [6.07, 6.45) is 2.13. The number of rotatable bonds is 4. The Morgan fingerprint density at radius 3 is 2.85 bits per heavy atom. The molecule has 0 radical (unpaired) electrons. The van der Waals surface area contributed by atoms with Crippen LogP contribution in [0.4, 0.5) is 5.69 Å². The molecule has 0 saturated carbocycles. The molecule has 0 aliphatic rings. The van der Waals surface area contributed by atoms with E-state index in [4.69, 9.17) is 15.6 Å². The number of phenols is 1. The van der Waals surface area contributed by atoms with Gasteiger partial charge in [-0.15, -0.1) is 0 Å². The van der Waals surface area contributed by atoms with Gasteiger partial charge in [0.25, 0.3) is 0 Å². The van der Waals surface area contributed by atoms with E-state index < -0.39 is 0 Å². The summed E-state index contributed by atoms with van der Waals surface area (Å²) in [5.74, 6) is 0.812. The van der Waals surface area contributed by atoms with Crippen LogP contribution in [0.25, 0.3) is 0 Å². The fraction of sp³-hybridized carbons (Fsp3) is 0.400. The van der Waals surface area contributed by atoms with Gasteiger partial charge in [-0.3, -0.25) is 0 Å². The van der Waals surface area contributed by atoms with Crippen LogP contribution in [-0.4, -0.2) is 11.7 Å². The van der Waals surface area contributed by atoms with Gasteiger partial charge in [0.1, 0.15) is 11.5 Å². The van der Waals surface area contributed by atoms with Crippen molar-refractivity contribution in [1.82, 2.24) is 0 Å². The molecule has 0 heterocycles. The largest absolute Gasteiger partial charge is 0.506 e. The normalized spacial score (nSPS) is 9.92. The van der Waals surface area contributed by atoms with Gasteiger partial charge in [0, 0.05) is 6.07 Å². The van der Waals surface area contributed by atoms with E-state index in [1.165, 1.54) is 6.07 Å². The Morgan fingerprint density at radius 2 is 2.23 bits per heavy atom. The van der Waals surface area contributed by atoms with Gasteiger partial charge in [-0.2, -0.15) is 0 Å². The lowest BCUT2D eigenvalue weighted by molar-refractivity contribution is 0.309. The average molecular weight is 181 g/mol. The van der Waals surface area contributed by atoms with E-state index in [0.717, 1.165) is 12.8 Å². The van der Waals surface area contributed by atoms with Crippen molar-refractivity contribution in [2.75, 3.05) is 12.3 Å². The van der Waals surface area contributed by atoms with Crippen molar-refractivity contribution >= 4 is 5.69 Å². The third-order valence-corrected chi connectivity index (χ3v) is 1.77. The predicted octanol–water partition coefficient (Wildman–Crippen LogP) is 2.15. The Bertz CT molecular complexity index is 274. The highest BCUT2D eigenvalue weighted by atomic mass is 16.5. The molecule has 3 N–H and O–H groups in total. The summed E-state index contributed by atoms with van der Waals surface area (Å²) in [6, 6.07) is 4.88. The maximum absolute atomic E-state index is 9.13. The molecular weight excluding hydrogens is 166 g/mol. The fourth-order valence-corrected chi connectivity index (χ4v) is 0.957. The van der Waals surface area contributed by atoms with E-state index in [1.54, 1.807) is 12.1 Å². The molecule has 0 aliphatic heterocycles. The van der Waals surface area contributed by atoms with Crippen LogP contribution in [0, 0.1) is 0 Å². The Labute approximate surface area is 78.1 Å². The number of benzene rings is 1. The van der Waals surface area contributed by atoms with Crippen LogP contribution < -0.4 is 10.5 Å². The molecule has 72 valence electrons. The van der Waals surface area contributed by atoms with E-state index in [-0.39, 0.29) is 5.75 Å². The molecule has 0 aromatic heterocycles. The minimum absolute atomic E-state index is 0.0999. The Balaban J connectivity index is 2.53. The highest BCUT2D eigenvalue weighted by molar-refractivity contribution is 5.55. The molecule has 0 aliphatic carbocycles. The van der Waals surface area contributed by atoms with Gasteiger partial charge in [0.2, 0.25) is 0 Å². The van der Waals surface area contributed by atoms with Crippen LogP contribution in [0.3, 0.4) is 0 Å². The van der Waals surface area contributed by atoms with Gasteiger partial charge in [-0.1, -0.05) is 13.3 Å². The average Bonchev–Trinajstić information content (AvgIpc) is 2.12. The summed E-state index contributed by atoms with van der Waals surface area (Å²) in [5.41, 5.74) is 5.85. The number of hydrogen-bond acceptors (Lipinski definition) is 3. The fourth-order valence-electron chi connectivity index (χ4n) is 0.957. The highest BCUT2D eigenvalue weighted by Crippen LogP contribution is 2.24. The van der Waals surface area contributed by atoms with Crippen molar-refractivity contribution < 1.29 is 9.84 Å². The zero-order chi connectivity index (χ0) is 9.68. The molecule has 0 amide bonds. The van der Waals surface area contributed by atoms with Gasteiger partial charge in [-0.25, -0.2) is 0 Å². The second kappa shape index (κ2) is 4.60. The zero-order valence-electron chi connectivity index (χ0n) is 7.79. The van der Waals surface area contributed by atoms with Gasteiger partial charge in [0.15, 0.2) is 0 Å². The molecule has 0 spiro atoms. The lowest BCUT2D eigenvalue weighted by Crippen LogP contribution is -1.97. The number of ether oxygens (including phenoxy) is 1. The molecule has 1 rings (SSSR count). The maximum Gasteiger partial charge on any atom is 0.138 e. The molecular formula is C10H15NO2. The van der Waals surface area contributed by atoms with Crippen molar-refractivity contribution in [2.45, 2.75) is 19.8 Å². The third-order valence-electron chi connectivity index (χ3n) is 1.77. The highest BCUT2D eigenvalue weighted by Gasteiger charge is 1.98. The summed E-state index contributed by atoms with van der Waals surface area (Å²) < 4.78 is 5.39. The first kappa shape index (κ1) is 9.71. The monoisotopic (exact) mass is 181 g/mol. The number of nitrogen functional groups attached to an aromatic ring is 1. The topological polar surface area (TPSA) is 55.5 Å². The van der Waals surface area contributed by atoms with Crippen molar-refractivity contribution in [2.24, 2.45) is 0 Å². The van der Waals surface area contributed by atoms with E-state index in [2.05, 4.69) is 6.92 Å². The quantitative estimate of drug-likeness (QED) is 0.425. The molecule has 0 unspecified atom stereocenters. The standard InChI is InChI=1S/C10H15NO2/c1-2-3-6-13-8-4-5-10(12)9(11)7-8/h4-5,7,12H,2-3,6,11H2,1H3. The summed E-state index contributed by atoms with van der Waals surface area (Å²) in [6.45, 7) is 2.80.